The van der Waals surface area contributed by atoms with E-state index >= 15 is 0 Å². The van der Waals surface area contributed by atoms with Crippen LogP contribution in [-0.4, -0.2) is 49.1 Å². The average Bonchev–Trinajstić information content (AvgIpc) is 2.74. The highest BCUT2D eigenvalue weighted by Crippen LogP contribution is 2.21. The molecule has 2 rings (SSSR count). The molecular weight excluding hydrogens is 278 g/mol. The van der Waals surface area contributed by atoms with Crippen LogP contribution in [-0.2, 0) is 16.0 Å². The van der Waals surface area contributed by atoms with Gasteiger partial charge in [0.05, 0.1) is 6.61 Å². The summed E-state index contributed by atoms with van der Waals surface area (Å²) in [6.07, 6.45) is 4.33. The van der Waals surface area contributed by atoms with Crippen LogP contribution in [0.3, 0.4) is 0 Å². The highest BCUT2D eigenvalue weighted by molar-refractivity contribution is 5.73. The van der Waals surface area contributed by atoms with Gasteiger partial charge in [0.25, 0.3) is 0 Å². The molecule has 5 nitrogen and oxygen atoms in total. The maximum absolute atomic E-state index is 11.5. The van der Waals surface area contributed by atoms with Gasteiger partial charge in [-0.2, -0.15) is 0 Å². The molecule has 1 aliphatic rings. The number of nitrogens with zero attached hydrogens (tertiary/aromatic N) is 2. The first kappa shape index (κ1) is 16.7. The summed E-state index contributed by atoms with van der Waals surface area (Å²) in [6.45, 7) is 4.89. The van der Waals surface area contributed by atoms with E-state index in [0.717, 1.165) is 50.4 Å². The minimum atomic E-state index is 0.197. The van der Waals surface area contributed by atoms with Gasteiger partial charge in [0, 0.05) is 39.4 Å². The van der Waals surface area contributed by atoms with Crippen LogP contribution in [0.15, 0.2) is 18.2 Å². The van der Waals surface area contributed by atoms with Crippen molar-refractivity contribution in [2.75, 3.05) is 38.7 Å². The Labute approximate surface area is 133 Å². The molecule has 1 aliphatic heterocycles. The van der Waals surface area contributed by atoms with Crippen LogP contribution in [0.4, 0.5) is 5.82 Å². The van der Waals surface area contributed by atoms with Crippen molar-refractivity contribution in [2.24, 2.45) is 5.92 Å². The van der Waals surface area contributed by atoms with Gasteiger partial charge >= 0.3 is 0 Å². The zero-order valence-electron chi connectivity index (χ0n) is 13.7. The van der Waals surface area contributed by atoms with Crippen LogP contribution in [0, 0.1) is 5.92 Å². The molecule has 0 unspecified atom stereocenters. The van der Waals surface area contributed by atoms with Crippen molar-refractivity contribution in [3.63, 3.8) is 0 Å². The number of aromatic nitrogens is 1. The highest BCUT2D eigenvalue weighted by atomic mass is 16.5. The molecule has 1 N–H and O–H groups in total. The van der Waals surface area contributed by atoms with E-state index in [4.69, 9.17) is 4.74 Å². The number of hydrogen-bond acceptors (Lipinski definition) is 4. The quantitative estimate of drug-likeness (QED) is 0.820. The van der Waals surface area contributed by atoms with Crippen molar-refractivity contribution in [2.45, 2.75) is 32.6 Å². The van der Waals surface area contributed by atoms with Gasteiger partial charge in [0.15, 0.2) is 0 Å². The molecule has 22 heavy (non-hydrogen) atoms. The Balaban J connectivity index is 1.87. The van der Waals surface area contributed by atoms with Crippen LogP contribution < -0.4 is 5.32 Å². The number of anilines is 1. The van der Waals surface area contributed by atoms with Gasteiger partial charge in [-0.05, 0) is 43.7 Å². The van der Waals surface area contributed by atoms with Crippen molar-refractivity contribution in [1.82, 2.24) is 9.88 Å². The van der Waals surface area contributed by atoms with Crippen molar-refractivity contribution in [3.05, 3.63) is 23.9 Å². The van der Waals surface area contributed by atoms with Gasteiger partial charge in [0.1, 0.15) is 5.82 Å². The summed E-state index contributed by atoms with van der Waals surface area (Å²) in [5, 5.41) is 3.27. The van der Waals surface area contributed by atoms with Crippen molar-refractivity contribution in [1.29, 1.82) is 0 Å². The van der Waals surface area contributed by atoms with Gasteiger partial charge in [-0.3, -0.25) is 4.79 Å². The molecule has 0 aliphatic carbocycles. The number of rotatable bonds is 6. The molecule has 1 aromatic heterocycles. The topological polar surface area (TPSA) is 54.5 Å². The summed E-state index contributed by atoms with van der Waals surface area (Å²) >= 11 is 0. The van der Waals surface area contributed by atoms with Crippen LogP contribution >= 0.6 is 0 Å². The van der Waals surface area contributed by atoms with Gasteiger partial charge in [-0.15, -0.1) is 0 Å². The number of carbonyl (C=O) groups excluding carboxylic acids is 1. The van der Waals surface area contributed by atoms with Crippen molar-refractivity contribution >= 4 is 11.7 Å². The van der Waals surface area contributed by atoms with Crippen molar-refractivity contribution < 1.29 is 9.53 Å². The lowest BCUT2D eigenvalue weighted by Crippen LogP contribution is -2.29. The standard InChI is InChI=1S/C17H27N3O2/c1-14(21)20-10-4-5-15(8-11-20)13-16-6-3-7-17(19-16)18-9-12-22-2/h3,6-7,15H,4-5,8-13H2,1-2H3,(H,18,19)/t15-/m0/s1. The van der Waals surface area contributed by atoms with Crippen LogP contribution in [0.1, 0.15) is 31.9 Å². The van der Waals surface area contributed by atoms with Crippen LogP contribution in [0.5, 0.6) is 0 Å². The number of pyridine rings is 1. The lowest BCUT2D eigenvalue weighted by Gasteiger charge is -2.18. The number of ether oxygens (including phenoxy) is 1. The molecule has 122 valence electrons. The zero-order chi connectivity index (χ0) is 15.8. The molecule has 5 heteroatoms. The minimum Gasteiger partial charge on any atom is -0.383 e. The Morgan fingerprint density at radius 3 is 3.05 bits per heavy atom. The maximum Gasteiger partial charge on any atom is 0.219 e. The molecule has 1 saturated heterocycles. The van der Waals surface area contributed by atoms with Crippen molar-refractivity contribution in [3.8, 4) is 0 Å². The monoisotopic (exact) mass is 305 g/mol. The second-order valence-electron chi connectivity index (χ2n) is 5.94. The van der Waals surface area contributed by atoms with E-state index in [-0.39, 0.29) is 5.91 Å². The van der Waals surface area contributed by atoms with E-state index in [9.17, 15) is 4.79 Å². The molecule has 2 heterocycles. The van der Waals surface area contributed by atoms with E-state index in [1.54, 1.807) is 14.0 Å². The second-order valence-corrected chi connectivity index (χ2v) is 5.94. The molecule has 1 fully saturated rings. The molecule has 0 bridgehead atoms. The van der Waals surface area contributed by atoms with Gasteiger partial charge < -0.3 is 15.0 Å². The van der Waals surface area contributed by atoms with E-state index in [1.807, 2.05) is 11.0 Å². The fourth-order valence-corrected chi connectivity index (χ4v) is 2.95. The third kappa shape index (κ3) is 5.30. The fourth-order valence-electron chi connectivity index (χ4n) is 2.95. The molecule has 1 atom stereocenters. The molecule has 0 aromatic carbocycles. The highest BCUT2D eigenvalue weighted by Gasteiger charge is 2.19. The maximum atomic E-state index is 11.5. The molecule has 0 radical (unpaired) electrons. The van der Waals surface area contributed by atoms with E-state index in [0.29, 0.717) is 12.5 Å². The van der Waals surface area contributed by atoms with E-state index in [2.05, 4.69) is 22.4 Å². The SMILES string of the molecule is COCCNc1cccc(C[C@H]2CCCN(C(C)=O)CC2)n1. The lowest BCUT2D eigenvalue weighted by molar-refractivity contribution is -0.128. The van der Waals surface area contributed by atoms with Crippen LogP contribution in [0.2, 0.25) is 0 Å². The Morgan fingerprint density at radius 2 is 2.27 bits per heavy atom. The number of nitrogens with one attached hydrogen (secondary N) is 1. The van der Waals surface area contributed by atoms with Gasteiger partial charge in [-0.25, -0.2) is 4.98 Å². The van der Waals surface area contributed by atoms with Gasteiger partial charge in [-0.1, -0.05) is 6.07 Å². The summed E-state index contributed by atoms with van der Waals surface area (Å²) in [5.41, 5.74) is 1.13. The smallest absolute Gasteiger partial charge is 0.219 e. The fraction of sp³-hybridized carbons (Fsp3) is 0.647. The van der Waals surface area contributed by atoms with E-state index in [1.165, 1.54) is 6.42 Å². The molecule has 1 aromatic rings. The largest absolute Gasteiger partial charge is 0.383 e. The van der Waals surface area contributed by atoms with E-state index < -0.39 is 0 Å². The number of hydrogen-bond donors (Lipinski definition) is 1. The number of methoxy groups -OCH3 is 1. The first-order valence-electron chi connectivity index (χ1n) is 8.13. The molecule has 1 amide bonds. The summed E-state index contributed by atoms with van der Waals surface area (Å²) in [5.74, 6) is 1.72. The Kier molecular flexibility index (Phi) is 6.65. The molecular formula is C17H27N3O2. The van der Waals surface area contributed by atoms with Gasteiger partial charge in [0.2, 0.25) is 5.91 Å². The Morgan fingerprint density at radius 1 is 1.41 bits per heavy atom. The normalized spacial score (nSPS) is 18.8. The molecule has 0 saturated carbocycles. The first-order chi connectivity index (χ1) is 10.7. The predicted octanol–water partition coefficient (Wildman–Crippen LogP) is 2.33. The number of amides is 1. The second kappa shape index (κ2) is 8.73. The zero-order valence-corrected chi connectivity index (χ0v) is 13.7. The Hall–Kier alpha value is -1.62. The third-order valence-electron chi connectivity index (χ3n) is 4.21. The van der Waals surface area contributed by atoms with Crippen LogP contribution in [0.25, 0.3) is 0 Å². The minimum absolute atomic E-state index is 0.197. The third-order valence-corrected chi connectivity index (χ3v) is 4.21. The summed E-state index contributed by atoms with van der Waals surface area (Å²) in [7, 11) is 1.70. The summed E-state index contributed by atoms with van der Waals surface area (Å²) in [4.78, 5) is 18.1. The number of likely N-dealkylation sites (tertiary alicyclic amines) is 1. The Bertz CT molecular complexity index is 479. The molecule has 0 spiro atoms. The average molecular weight is 305 g/mol. The summed E-state index contributed by atoms with van der Waals surface area (Å²) in [6, 6.07) is 6.13. The number of carbonyl (C=O) groups is 1. The summed E-state index contributed by atoms with van der Waals surface area (Å²) < 4.78 is 5.04. The lowest BCUT2D eigenvalue weighted by atomic mass is 9.95. The predicted molar refractivity (Wildman–Crippen MR) is 87.9 cm³/mol. The first-order valence-corrected chi connectivity index (χ1v) is 8.13.